The fourth-order valence-electron chi connectivity index (χ4n) is 2.92. The molecule has 1 aromatic rings. The highest BCUT2D eigenvalue weighted by atomic mass is 16.5. The third-order valence-electron chi connectivity index (χ3n) is 4.17. The zero-order valence-electron chi connectivity index (χ0n) is 12.1. The Morgan fingerprint density at radius 1 is 1.28 bits per heavy atom. The van der Waals surface area contributed by atoms with Crippen molar-refractivity contribution in [3.63, 3.8) is 0 Å². The maximum absolute atomic E-state index is 5.45. The Morgan fingerprint density at radius 2 is 2.00 bits per heavy atom. The number of rotatable bonds is 2. The lowest BCUT2D eigenvalue weighted by Crippen LogP contribution is -2.44. The van der Waals surface area contributed by atoms with Crippen molar-refractivity contribution in [2.45, 2.75) is 26.8 Å². The highest BCUT2D eigenvalue weighted by Crippen LogP contribution is 2.33. The van der Waals surface area contributed by atoms with Crippen molar-refractivity contribution in [3.05, 3.63) is 28.3 Å². The number of hydrogen-bond acceptors (Lipinski definition) is 3. The second kappa shape index (κ2) is 5.29. The molecule has 1 atom stereocenters. The van der Waals surface area contributed by atoms with Crippen LogP contribution in [0.25, 0.3) is 0 Å². The van der Waals surface area contributed by atoms with Crippen molar-refractivity contribution >= 4 is 0 Å². The number of methoxy groups -OCH3 is 1. The molecule has 0 bridgehead atoms. The van der Waals surface area contributed by atoms with Crippen LogP contribution < -0.4 is 10.1 Å². The maximum atomic E-state index is 5.45. The fourth-order valence-corrected chi connectivity index (χ4v) is 2.92. The average Bonchev–Trinajstić information content (AvgIpc) is 2.36. The van der Waals surface area contributed by atoms with Gasteiger partial charge in [0.25, 0.3) is 0 Å². The van der Waals surface area contributed by atoms with Gasteiger partial charge in [0.1, 0.15) is 5.75 Å². The van der Waals surface area contributed by atoms with Crippen LogP contribution in [0, 0.1) is 20.8 Å². The molecular weight excluding hydrogens is 224 g/mol. The van der Waals surface area contributed by atoms with Crippen molar-refractivity contribution in [3.8, 4) is 5.75 Å². The van der Waals surface area contributed by atoms with Gasteiger partial charge in [-0.15, -0.1) is 0 Å². The van der Waals surface area contributed by atoms with E-state index >= 15 is 0 Å². The van der Waals surface area contributed by atoms with Gasteiger partial charge in [0, 0.05) is 25.7 Å². The molecule has 100 valence electrons. The van der Waals surface area contributed by atoms with Gasteiger partial charge < -0.3 is 10.1 Å². The first-order chi connectivity index (χ1) is 8.56. The summed E-state index contributed by atoms with van der Waals surface area (Å²) in [6, 6.07) is 2.64. The molecule has 3 nitrogen and oxygen atoms in total. The van der Waals surface area contributed by atoms with Crippen LogP contribution in [-0.4, -0.2) is 38.7 Å². The van der Waals surface area contributed by atoms with Gasteiger partial charge in [-0.3, -0.25) is 4.90 Å². The molecule has 0 spiro atoms. The molecule has 0 saturated carbocycles. The highest BCUT2D eigenvalue weighted by molar-refractivity contribution is 5.49. The van der Waals surface area contributed by atoms with Gasteiger partial charge in [-0.1, -0.05) is 0 Å². The van der Waals surface area contributed by atoms with E-state index in [0.29, 0.717) is 6.04 Å². The summed E-state index contributed by atoms with van der Waals surface area (Å²) in [5.41, 5.74) is 5.42. The first-order valence-electron chi connectivity index (χ1n) is 6.62. The van der Waals surface area contributed by atoms with Crippen molar-refractivity contribution in [1.82, 2.24) is 10.2 Å². The molecule has 0 aromatic heterocycles. The second-order valence-corrected chi connectivity index (χ2v) is 5.26. The first kappa shape index (κ1) is 13.4. The van der Waals surface area contributed by atoms with Crippen LogP contribution in [0.4, 0.5) is 0 Å². The number of nitrogens with one attached hydrogen (secondary N) is 1. The lowest BCUT2D eigenvalue weighted by Gasteiger charge is -2.35. The number of hydrogen-bond donors (Lipinski definition) is 1. The number of likely N-dealkylation sites (N-methyl/N-ethyl adjacent to an activating group) is 1. The average molecular weight is 248 g/mol. The van der Waals surface area contributed by atoms with Gasteiger partial charge in [0.15, 0.2) is 0 Å². The molecular formula is C15H24N2O. The van der Waals surface area contributed by atoms with Gasteiger partial charge in [-0.2, -0.15) is 0 Å². The Labute approximate surface area is 110 Å². The molecule has 1 aromatic carbocycles. The van der Waals surface area contributed by atoms with Crippen LogP contribution in [0.15, 0.2) is 6.07 Å². The van der Waals surface area contributed by atoms with Crippen LogP contribution in [0.3, 0.4) is 0 Å². The third-order valence-corrected chi connectivity index (χ3v) is 4.17. The predicted octanol–water partition coefficient (Wildman–Crippen LogP) is 2.20. The standard InChI is InChI=1S/C15H24N2O/c1-10-8-14(18-5)11(2)12(3)15(10)13-9-16-6-7-17(13)4/h8,13,16H,6-7,9H2,1-5H3. The number of nitrogens with zero attached hydrogens (tertiary/aromatic N) is 1. The minimum atomic E-state index is 0.475. The van der Waals surface area contributed by atoms with Crippen molar-refractivity contribution in [2.24, 2.45) is 0 Å². The van der Waals surface area contributed by atoms with Crippen molar-refractivity contribution in [1.29, 1.82) is 0 Å². The van der Waals surface area contributed by atoms with Crippen molar-refractivity contribution < 1.29 is 4.74 Å². The summed E-state index contributed by atoms with van der Waals surface area (Å²) in [7, 11) is 3.96. The van der Waals surface area contributed by atoms with Crippen LogP contribution in [0.2, 0.25) is 0 Å². The van der Waals surface area contributed by atoms with Gasteiger partial charge in [-0.05, 0) is 56.1 Å². The summed E-state index contributed by atoms with van der Waals surface area (Å²) in [5, 5.41) is 3.49. The zero-order chi connectivity index (χ0) is 13.3. The summed E-state index contributed by atoms with van der Waals surface area (Å²) < 4.78 is 5.45. The number of benzene rings is 1. The summed E-state index contributed by atoms with van der Waals surface area (Å²) >= 11 is 0. The van der Waals surface area contributed by atoms with E-state index in [1.54, 1.807) is 7.11 Å². The van der Waals surface area contributed by atoms with E-state index < -0.39 is 0 Å². The minimum absolute atomic E-state index is 0.475. The number of piperazine rings is 1. The molecule has 1 N–H and O–H groups in total. The third kappa shape index (κ3) is 2.25. The van der Waals surface area contributed by atoms with Gasteiger partial charge >= 0.3 is 0 Å². The molecule has 1 heterocycles. The number of aryl methyl sites for hydroxylation is 1. The SMILES string of the molecule is COc1cc(C)c(C2CNCCN2C)c(C)c1C. The van der Waals surface area contributed by atoms with E-state index in [0.717, 1.165) is 25.4 Å². The summed E-state index contributed by atoms with van der Waals surface area (Å²) in [5.74, 6) is 1.00. The lowest BCUT2D eigenvalue weighted by atomic mass is 9.90. The van der Waals surface area contributed by atoms with Crippen LogP contribution in [0.1, 0.15) is 28.3 Å². The monoisotopic (exact) mass is 248 g/mol. The van der Waals surface area contributed by atoms with Crippen LogP contribution >= 0.6 is 0 Å². The van der Waals surface area contributed by atoms with E-state index in [-0.39, 0.29) is 0 Å². The first-order valence-corrected chi connectivity index (χ1v) is 6.62. The summed E-state index contributed by atoms with van der Waals surface area (Å²) in [4.78, 5) is 2.44. The summed E-state index contributed by atoms with van der Waals surface area (Å²) in [6.07, 6.45) is 0. The Hall–Kier alpha value is -1.06. The quantitative estimate of drug-likeness (QED) is 0.868. The van der Waals surface area contributed by atoms with Crippen molar-refractivity contribution in [2.75, 3.05) is 33.8 Å². The second-order valence-electron chi connectivity index (χ2n) is 5.26. The minimum Gasteiger partial charge on any atom is -0.496 e. The normalized spacial score (nSPS) is 21.1. The Morgan fingerprint density at radius 3 is 2.61 bits per heavy atom. The Bertz CT molecular complexity index is 443. The van der Waals surface area contributed by atoms with E-state index in [1.807, 2.05) is 0 Å². The fraction of sp³-hybridized carbons (Fsp3) is 0.600. The Balaban J connectivity index is 2.47. The smallest absolute Gasteiger partial charge is 0.122 e. The van der Waals surface area contributed by atoms with E-state index in [1.165, 1.54) is 22.3 Å². The molecule has 1 aliphatic rings. The molecule has 0 radical (unpaired) electrons. The van der Waals surface area contributed by atoms with Gasteiger partial charge in [0.2, 0.25) is 0 Å². The molecule has 3 heteroatoms. The van der Waals surface area contributed by atoms with E-state index in [2.05, 4.69) is 44.1 Å². The zero-order valence-corrected chi connectivity index (χ0v) is 12.1. The van der Waals surface area contributed by atoms with Crippen LogP contribution in [0.5, 0.6) is 5.75 Å². The Kier molecular flexibility index (Phi) is 3.93. The molecule has 1 saturated heterocycles. The predicted molar refractivity (Wildman–Crippen MR) is 75.4 cm³/mol. The molecule has 2 rings (SSSR count). The van der Waals surface area contributed by atoms with Gasteiger partial charge in [-0.25, -0.2) is 0 Å². The van der Waals surface area contributed by atoms with E-state index in [9.17, 15) is 0 Å². The molecule has 0 amide bonds. The molecule has 18 heavy (non-hydrogen) atoms. The topological polar surface area (TPSA) is 24.5 Å². The van der Waals surface area contributed by atoms with E-state index in [4.69, 9.17) is 4.74 Å². The largest absolute Gasteiger partial charge is 0.496 e. The molecule has 1 fully saturated rings. The van der Waals surface area contributed by atoms with Crippen LogP contribution in [-0.2, 0) is 0 Å². The molecule has 0 aliphatic carbocycles. The molecule has 1 unspecified atom stereocenters. The maximum Gasteiger partial charge on any atom is 0.122 e. The van der Waals surface area contributed by atoms with Gasteiger partial charge in [0.05, 0.1) is 7.11 Å². The molecule has 1 aliphatic heterocycles. The summed E-state index contributed by atoms with van der Waals surface area (Å²) in [6.45, 7) is 9.77. The number of ether oxygens (including phenoxy) is 1. The lowest BCUT2D eigenvalue weighted by molar-refractivity contribution is 0.201. The highest BCUT2D eigenvalue weighted by Gasteiger charge is 2.24.